The van der Waals surface area contributed by atoms with E-state index in [0.717, 1.165) is 25.7 Å². The van der Waals surface area contributed by atoms with Crippen LogP contribution in [-0.4, -0.2) is 25.2 Å². The molecule has 364 valence electrons. The monoisotopic (exact) mass is 861 g/mol. The fourth-order valence-electron chi connectivity index (χ4n) is 9.01. The quantitative estimate of drug-likeness (QED) is 0.0452. The Morgan fingerprint density at radius 3 is 0.541 bits per heavy atom. The number of hydrogen-bond acceptors (Lipinski definition) is 4. The van der Waals surface area contributed by atoms with E-state index in [4.69, 9.17) is 9.47 Å². The minimum Gasteiger partial charge on any atom is -0.466 e. The van der Waals surface area contributed by atoms with Crippen LogP contribution in [0, 0.1) is 0 Å². The van der Waals surface area contributed by atoms with Gasteiger partial charge in [-0.05, 0) is 25.7 Å². The maximum atomic E-state index is 12.1. The van der Waals surface area contributed by atoms with Crippen LogP contribution < -0.4 is 0 Å². The van der Waals surface area contributed by atoms with Crippen LogP contribution >= 0.6 is 0 Å². The molecular formula is C57H112O4. The van der Waals surface area contributed by atoms with Gasteiger partial charge in [-0.3, -0.25) is 9.59 Å². The van der Waals surface area contributed by atoms with Crippen molar-refractivity contribution in [1.29, 1.82) is 0 Å². The Kier molecular flexibility index (Phi) is 54.1. The van der Waals surface area contributed by atoms with Crippen LogP contribution in [-0.2, 0) is 19.1 Å². The van der Waals surface area contributed by atoms with Crippen molar-refractivity contribution in [2.24, 2.45) is 0 Å². The molecule has 0 fully saturated rings. The summed E-state index contributed by atoms with van der Waals surface area (Å²) in [6, 6.07) is 0. The molecule has 0 heterocycles. The highest BCUT2D eigenvalue weighted by atomic mass is 16.5. The number of esters is 2. The van der Waals surface area contributed by atoms with Crippen LogP contribution in [0.25, 0.3) is 0 Å². The standard InChI is InChI=1S/C57H112O4/c1-3-5-7-9-11-13-15-17-19-21-23-25-28-32-36-40-44-48-52-56(58)60-54-50-46-42-38-34-30-27-31-35-39-43-47-51-55-61-57(59)53-49-45-41-37-33-29-26-24-22-20-18-16-14-12-10-8-6-4-2/h3-55H2,1-2H3. The summed E-state index contributed by atoms with van der Waals surface area (Å²) in [6.07, 6.45) is 66.9. The largest absolute Gasteiger partial charge is 0.466 e. The van der Waals surface area contributed by atoms with E-state index in [1.807, 2.05) is 0 Å². The topological polar surface area (TPSA) is 52.6 Å². The Balaban J connectivity index is 3.20. The molecule has 0 aromatic carbocycles. The van der Waals surface area contributed by atoms with E-state index in [9.17, 15) is 9.59 Å². The van der Waals surface area contributed by atoms with Gasteiger partial charge in [0.25, 0.3) is 0 Å². The van der Waals surface area contributed by atoms with Crippen molar-refractivity contribution in [3.8, 4) is 0 Å². The predicted molar refractivity (Wildman–Crippen MR) is 269 cm³/mol. The van der Waals surface area contributed by atoms with Crippen molar-refractivity contribution in [2.45, 2.75) is 341 Å². The molecule has 4 heteroatoms. The summed E-state index contributed by atoms with van der Waals surface area (Å²) in [5.41, 5.74) is 0. The number of carbonyl (C=O) groups is 2. The number of rotatable bonds is 54. The third-order valence-electron chi connectivity index (χ3n) is 13.3. The van der Waals surface area contributed by atoms with Gasteiger partial charge in [-0.2, -0.15) is 0 Å². The molecule has 0 amide bonds. The summed E-state index contributed by atoms with van der Waals surface area (Å²) in [5, 5.41) is 0. The Morgan fingerprint density at radius 2 is 0.361 bits per heavy atom. The van der Waals surface area contributed by atoms with Crippen LogP contribution in [0.4, 0.5) is 0 Å². The average molecular weight is 862 g/mol. The normalized spacial score (nSPS) is 11.4. The zero-order valence-corrected chi connectivity index (χ0v) is 42.1. The molecule has 0 aliphatic heterocycles. The molecule has 0 aromatic heterocycles. The number of unbranched alkanes of at least 4 members (excludes halogenated alkanes) is 46. The average Bonchev–Trinajstić information content (AvgIpc) is 3.26. The lowest BCUT2D eigenvalue weighted by molar-refractivity contribution is -0.144. The fourth-order valence-corrected chi connectivity index (χ4v) is 9.01. The number of carbonyl (C=O) groups excluding carboxylic acids is 2. The first-order valence-electron chi connectivity index (χ1n) is 28.5. The first-order chi connectivity index (χ1) is 30.2. The molecule has 0 N–H and O–H groups in total. The summed E-state index contributed by atoms with van der Waals surface area (Å²) >= 11 is 0. The van der Waals surface area contributed by atoms with Gasteiger partial charge in [0.05, 0.1) is 13.2 Å². The molecule has 0 radical (unpaired) electrons. The van der Waals surface area contributed by atoms with E-state index >= 15 is 0 Å². The van der Waals surface area contributed by atoms with Crippen molar-refractivity contribution in [3.05, 3.63) is 0 Å². The van der Waals surface area contributed by atoms with E-state index in [2.05, 4.69) is 13.8 Å². The van der Waals surface area contributed by atoms with Gasteiger partial charge < -0.3 is 9.47 Å². The van der Waals surface area contributed by atoms with E-state index in [0.29, 0.717) is 26.1 Å². The predicted octanol–water partition coefficient (Wildman–Crippen LogP) is 20.0. The molecule has 0 saturated heterocycles. The van der Waals surface area contributed by atoms with Crippen LogP contribution in [0.3, 0.4) is 0 Å². The summed E-state index contributed by atoms with van der Waals surface area (Å²) in [6.45, 7) is 5.81. The minimum absolute atomic E-state index is 0.0149. The van der Waals surface area contributed by atoms with Gasteiger partial charge in [0, 0.05) is 12.8 Å². The zero-order valence-electron chi connectivity index (χ0n) is 42.1. The highest BCUT2D eigenvalue weighted by Gasteiger charge is 2.05. The van der Waals surface area contributed by atoms with Crippen LogP contribution in [0.1, 0.15) is 341 Å². The van der Waals surface area contributed by atoms with Crippen molar-refractivity contribution in [1.82, 2.24) is 0 Å². The van der Waals surface area contributed by atoms with E-state index < -0.39 is 0 Å². The lowest BCUT2D eigenvalue weighted by Crippen LogP contribution is -2.05. The molecule has 0 saturated carbocycles. The molecule has 0 aliphatic rings. The maximum Gasteiger partial charge on any atom is 0.305 e. The summed E-state index contributed by atoms with van der Waals surface area (Å²) < 4.78 is 11.0. The van der Waals surface area contributed by atoms with Crippen LogP contribution in [0.2, 0.25) is 0 Å². The maximum absolute atomic E-state index is 12.1. The highest BCUT2D eigenvalue weighted by Crippen LogP contribution is 2.18. The molecule has 4 nitrogen and oxygen atoms in total. The van der Waals surface area contributed by atoms with Crippen molar-refractivity contribution >= 4 is 11.9 Å². The third kappa shape index (κ3) is 55.0. The van der Waals surface area contributed by atoms with Gasteiger partial charge in [0.2, 0.25) is 0 Å². The van der Waals surface area contributed by atoms with E-state index in [1.54, 1.807) is 0 Å². The lowest BCUT2D eigenvalue weighted by atomic mass is 10.0. The molecule has 0 aromatic rings. The Morgan fingerprint density at radius 1 is 0.213 bits per heavy atom. The minimum atomic E-state index is 0.0149. The van der Waals surface area contributed by atoms with Crippen molar-refractivity contribution in [2.75, 3.05) is 13.2 Å². The Bertz CT molecular complexity index is 760. The summed E-state index contributed by atoms with van der Waals surface area (Å²) in [4.78, 5) is 24.1. The van der Waals surface area contributed by atoms with Gasteiger partial charge in [0.1, 0.15) is 0 Å². The molecule has 0 aliphatic carbocycles. The molecule has 61 heavy (non-hydrogen) atoms. The molecule has 0 rings (SSSR count). The van der Waals surface area contributed by atoms with Crippen molar-refractivity contribution in [3.63, 3.8) is 0 Å². The lowest BCUT2D eigenvalue weighted by Gasteiger charge is -2.06. The SMILES string of the molecule is CCCCCCCCCCCCCCCCCCCCC(=O)OCCCCCCCCCCCCCCCOC(=O)CCCCCCCCCCCCCCCCCCCC. The number of ether oxygens (including phenoxy) is 2. The summed E-state index contributed by atoms with van der Waals surface area (Å²) in [7, 11) is 0. The van der Waals surface area contributed by atoms with Gasteiger partial charge >= 0.3 is 11.9 Å². The third-order valence-corrected chi connectivity index (χ3v) is 13.3. The van der Waals surface area contributed by atoms with Gasteiger partial charge in [-0.25, -0.2) is 0 Å². The smallest absolute Gasteiger partial charge is 0.305 e. The zero-order chi connectivity index (χ0) is 44.0. The van der Waals surface area contributed by atoms with Crippen LogP contribution in [0.5, 0.6) is 0 Å². The van der Waals surface area contributed by atoms with Gasteiger partial charge in [-0.15, -0.1) is 0 Å². The molecule has 0 bridgehead atoms. The Hall–Kier alpha value is -1.06. The summed E-state index contributed by atoms with van der Waals surface area (Å²) in [5.74, 6) is 0.0298. The Labute approximate surface area is 384 Å². The van der Waals surface area contributed by atoms with E-state index in [-0.39, 0.29) is 11.9 Å². The second-order valence-electron chi connectivity index (χ2n) is 19.6. The highest BCUT2D eigenvalue weighted by molar-refractivity contribution is 5.69. The molecule has 0 atom stereocenters. The first kappa shape index (κ1) is 59.9. The van der Waals surface area contributed by atoms with E-state index in [1.165, 1.54) is 289 Å². The fraction of sp³-hybridized carbons (Fsp3) is 0.965. The molecule has 0 unspecified atom stereocenters. The molecular weight excluding hydrogens is 749 g/mol. The van der Waals surface area contributed by atoms with Crippen LogP contribution in [0.15, 0.2) is 0 Å². The first-order valence-corrected chi connectivity index (χ1v) is 28.5. The van der Waals surface area contributed by atoms with Gasteiger partial charge in [-0.1, -0.05) is 303 Å². The second kappa shape index (κ2) is 55.1. The molecule has 0 spiro atoms. The second-order valence-corrected chi connectivity index (χ2v) is 19.6. The van der Waals surface area contributed by atoms with Gasteiger partial charge in [0.15, 0.2) is 0 Å². The van der Waals surface area contributed by atoms with Crippen molar-refractivity contribution < 1.29 is 19.1 Å². The number of hydrogen-bond donors (Lipinski definition) is 0.